The van der Waals surface area contributed by atoms with Crippen LogP contribution in [0.15, 0.2) is 48.7 Å². The van der Waals surface area contributed by atoms with Crippen LogP contribution in [0.25, 0.3) is 0 Å². The first-order valence-corrected chi connectivity index (χ1v) is 7.33. The molecule has 1 aromatic carbocycles. The van der Waals surface area contributed by atoms with Crippen molar-refractivity contribution in [1.82, 2.24) is 4.98 Å². The molecule has 0 bridgehead atoms. The quantitative estimate of drug-likeness (QED) is 0.826. The zero-order chi connectivity index (χ0) is 17.7. The third kappa shape index (κ3) is 4.19. The number of alkyl halides is 3. The topological polar surface area (TPSA) is 53.8 Å². The highest BCUT2D eigenvalue weighted by Crippen LogP contribution is 2.29. The number of hydrogen-bond donors (Lipinski definition) is 0. The molecular weight excluding hydrogens is 317 g/mol. The monoisotopic (exact) mass is 332 g/mol. The van der Waals surface area contributed by atoms with Crippen molar-refractivity contribution in [2.45, 2.75) is 25.4 Å². The lowest BCUT2D eigenvalue weighted by Gasteiger charge is -2.15. The Morgan fingerprint density at radius 1 is 1.21 bits per heavy atom. The number of halogens is 3. The molecule has 0 saturated heterocycles. The van der Waals surface area contributed by atoms with Gasteiger partial charge in [-0.2, -0.15) is 18.4 Å². The number of carbonyl (C=O) groups excluding carboxylic acids is 1. The molecule has 0 saturated carbocycles. The van der Waals surface area contributed by atoms with Gasteiger partial charge in [-0.05, 0) is 36.2 Å². The van der Waals surface area contributed by atoms with Crippen LogP contribution in [0, 0.1) is 17.2 Å². The smallest absolute Gasteiger partial charge is 0.297 e. The summed E-state index contributed by atoms with van der Waals surface area (Å²) in [7, 11) is 0. The predicted molar refractivity (Wildman–Crippen MR) is 81.9 cm³/mol. The summed E-state index contributed by atoms with van der Waals surface area (Å²) in [6.45, 7) is 1.66. The van der Waals surface area contributed by atoms with Gasteiger partial charge >= 0.3 is 6.18 Å². The number of nitrogens with zero attached hydrogens (tertiary/aromatic N) is 2. The number of carbonyl (C=O) groups is 1. The summed E-state index contributed by atoms with van der Waals surface area (Å²) in [5.74, 6) is -1.78. The Hall–Kier alpha value is -2.68. The molecule has 2 rings (SSSR count). The molecular formula is C18H15F3N2O. The fraction of sp³-hybridized carbons (Fsp3) is 0.278. The van der Waals surface area contributed by atoms with Crippen LogP contribution in [0.1, 0.15) is 29.7 Å². The maximum absolute atomic E-state index is 12.6. The fourth-order valence-electron chi connectivity index (χ4n) is 2.39. The lowest BCUT2D eigenvalue weighted by Crippen LogP contribution is -2.21. The molecule has 0 unspecified atom stereocenters. The van der Waals surface area contributed by atoms with E-state index in [1.807, 2.05) is 6.07 Å². The summed E-state index contributed by atoms with van der Waals surface area (Å²) in [4.78, 5) is 16.5. The molecule has 0 radical (unpaired) electrons. The lowest BCUT2D eigenvalue weighted by atomic mass is 9.88. The van der Waals surface area contributed by atoms with Crippen molar-refractivity contribution in [1.29, 1.82) is 5.26 Å². The number of ketones is 1. The van der Waals surface area contributed by atoms with Crippen molar-refractivity contribution in [2.75, 3.05) is 0 Å². The molecule has 0 aliphatic carbocycles. The molecule has 124 valence electrons. The summed E-state index contributed by atoms with van der Waals surface area (Å²) in [5.41, 5.74) is 0.263. The van der Waals surface area contributed by atoms with E-state index in [-0.39, 0.29) is 12.2 Å². The number of rotatable bonds is 5. The Kier molecular flexibility index (Phi) is 5.35. The van der Waals surface area contributed by atoms with Gasteiger partial charge < -0.3 is 0 Å². The number of aromatic nitrogens is 1. The number of Topliss-reactive ketones (excluding diaryl/α,β-unsaturated/α-hetero) is 1. The molecule has 0 N–H and O–H groups in total. The second kappa shape index (κ2) is 7.26. The van der Waals surface area contributed by atoms with Crippen molar-refractivity contribution in [3.05, 3.63) is 65.5 Å². The number of nitriles is 1. The van der Waals surface area contributed by atoms with Gasteiger partial charge in [-0.25, -0.2) is 0 Å². The van der Waals surface area contributed by atoms with E-state index in [4.69, 9.17) is 0 Å². The van der Waals surface area contributed by atoms with Crippen molar-refractivity contribution in [2.24, 2.45) is 5.92 Å². The van der Waals surface area contributed by atoms with Gasteiger partial charge in [-0.15, -0.1) is 0 Å². The largest absolute Gasteiger partial charge is 0.416 e. The van der Waals surface area contributed by atoms with Crippen LogP contribution in [-0.4, -0.2) is 10.8 Å². The molecule has 1 aromatic heterocycles. The number of pyridine rings is 1. The summed E-state index contributed by atoms with van der Waals surface area (Å²) in [6, 6.07) is 11.6. The first kappa shape index (κ1) is 17.7. The Bertz CT molecular complexity index is 734. The first-order valence-electron chi connectivity index (χ1n) is 7.33. The van der Waals surface area contributed by atoms with Gasteiger partial charge in [-0.3, -0.25) is 9.78 Å². The average Bonchev–Trinajstić information content (AvgIpc) is 2.56. The van der Waals surface area contributed by atoms with Crippen LogP contribution in [0.4, 0.5) is 13.2 Å². The van der Waals surface area contributed by atoms with E-state index in [0.717, 1.165) is 12.1 Å². The lowest BCUT2D eigenvalue weighted by molar-refractivity contribution is -0.137. The molecule has 0 fully saturated rings. The zero-order valence-corrected chi connectivity index (χ0v) is 12.9. The molecule has 1 heterocycles. The predicted octanol–water partition coefficient (Wildman–Crippen LogP) is 4.16. The third-order valence-electron chi connectivity index (χ3n) is 3.71. The summed E-state index contributed by atoms with van der Waals surface area (Å²) in [6.07, 6.45) is -2.61. The minimum Gasteiger partial charge on any atom is -0.297 e. The molecule has 0 spiro atoms. The zero-order valence-electron chi connectivity index (χ0n) is 12.9. The standard InChI is InChI=1S/C18H15F3N2O/c1-12(10-13-5-7-14(8-6-13)18(19,20)21)17(24)15(11-22)16-4-2-3-9-23-16/h2-9,12,15H,10H2,1H3/t12-,15-/m0/s1. The molecule has 0 amide bonds. The van der Waals surface area contributed by atoms with Crippen LogP contribution in [-0.2, 0) is 17.4 Å². The van der Waals surface area contributed by atoms with Gasteiger partial charge in [0, 0.05) is 12.1 Å². The summed E-state index contributed by atoms with van der Waals surface area (Å²) >= 11 is 0. The maximum Gasteiger partial charge on any atom is 0.416 e. The highest BCUT2D eigenvalue weighted by molar-refractivity contribution is 5.89. The minimum atomic E-state index is -4.38. The Balaban J connectivity index is 2.10. The second-order valence-corrected chi connectivity index (χ2v) is 5.52. The van der Waals surface area contributed by atoms with Crippen LogP contribution in [0.5, 0.6) is 0 Å². The second-order valence-electron chi connectivity index (χ2n) is 5.52. The van der Waals surface area contributed by atoms with Gasteiger partial charge in [0.15, 0.2) is 5.78 Å². The Labute approximate surface area is 137 Å². The van der Waals surface area contributed by atoms with Gasteiger partial charge in [0.05, 0.1) is 17.3 Å². The average molecular weight is 332 g/mol. The minimum absolute atomic E-state index is 0.266. The van der Waals surface area contributed by atoms with Crippen LogP contribution in [0.2, 0.25) is 0 Å². The molecule has 3 nitrogen and oxygen atoms in total. The van der Waals surface area contributed by atoms with Gasteiger partial charge in [0.25, 0.3) is 0 Å². The molecule has 0 aliphatic heterocycles. The Morgan fingerprint density at radius 3 is 2.38 bits per heavy atom. The highest BCUT2D eigenvalue weighted by Gasteiger charge is 2.30. The van der Waals surface area contributed by atoms with E-state index in [0.29, 0.717) is 11.3 Å². The third-order valence-corrected chi connectivity index (χ3v) is 3.71. The van der Waals surface area contributed by atoms with Crippen molar-refractivity contribution < 1.29 is 18.0 Å². The van der Waals surface area contributed by atoms with Gasteiger partial charge in [-0.1, -0.05) is 25.1 Å². The van der Waals surface area contributed by atoms with E-state index in [1.54, 1.807) is 25.1 Å². The first-order chi connectivity index (χ1) is 11.3. The van der Waals surface area contributed by atoms with E-state index < -0.39 is 23.6 Å². The van der Waals surface area contributed by atoms with Crippen molar-refractivity contribution >= 4 is 5.78 Å². The molecule has 24 heavy (non-hydrogen) atoms. The Morgan fingerprint density at radius 2 is 1.88 bits per heavy atom. The van der Waals surface area contributed by atoms with E-state index in [1.165, 1.54) is 18.3 Å². The summed E-state index contributed by atoms with van der Waals surface area (Å²) < 4.78 is 37.7. The fourth-order valence-corrected chi connectivity index (χ4v) is 2.39. The SMILES string of the molecule is C[C@@H](Cc1ccc(C(F)(F)F)cc1)C(=O)[C@@H](C#N)c1ccccn1. The van der Waals surface area contributed by atoms with Crippen LogP contribution < -0.4 is 0 Å². The van der Waals surface area contributed by atoms with E-state index in [2.05, 4.69) is 4.98 Å². The number of benzene rings is 1. The summed E-state index contributed by atoms with van der Waals surface area (Å²) in [5, 5.41) is 9.25. The number of hydrogen-bond acceptors (Lipinski definition) is 3. The molecule has 2 aromatic rings. The van der Waals surface area contributed by atoms with E-state index in [9.17, 15) is 23.2 Å². The molecule has 2 atom stereocenters. The maximum atomic E-state index is 12.6. The van der Waals surface area contributed by atoms with E-state index >= 15 is 0 Å². The van der Waals surface area contributed by atoms with Gasteiger partial charge in [0.2, 0.25) is 0 Å². The van der Waals surface area contributed by atoms with Crippen molar-refractivity contribution in [3.63, 3.8) is 0 Å². The molecule has 0 aliphatic rings. The van der Waals surface area contributed by atoms with Crippen molar-refractivity contribution in [3.8, 4) is 6.07 Å². The normalized spacial score (nSPS) is 13.8. The van der Waals surface area contributed by atoms with Crippen LogP contribution in [0.3, 0.4) is 0 Å². The van der Waals surface area contributed by atoms with Gasteiger partial charge in [0.1, 0.15) is 5.92 Å². The molecule has 6 heteroatoms. The highest BCUT2D eigenvalue weighted by atomic mass is 19.4. The van der Waals surface area contributed by atoms with Crippen LogP contribution >= 0.6 is 0 Å².